The Hall–Kier alpha value is -5.74. The molecule has 0 saturated carbocycles. The van der Waals surface area contributed by atoms with Gasteiger partial charge in [0.15, 0.2) is 0 Å². The second-order valence-corrected chi connectivity index (χ2v) is 14.7. The van der Waals surface area contributed by atoms with Gasteiger partial charge in [-0.15, -0.1) is 22.7 Å². The van der Waals surface area contributed by atoms with Crippen molar-refractivity contribution in [3.05, 3.63) is 176 Å². The number of anilines is 3. The number of rotatable bonds is 5. The number of benzene rings is 8. The van der Waals surface area contributed by atoms with Crippen molar-refractivity contribution in [1.29, 1.82) is 0 Å². The first-order chi connectivity index (χ1) is 24.3. The third kappa shape index (κ3) is 4.74. The summed E-state index contributed by atoms with van der Waals surface area (Å²) in [6, 6.07) is 64.4. The molecular weight excluding hydrogens is 631 g/mol. The van der Waals surface area contributed by atoms with Crippen molar-refractivity contribution in [3.8, 4) is 22.3 Å². The summed E-state index contributed by atoms with van der Waals surface area (Å²) < 4.78 is 5.27. The lowest BCUT2D eigenvalue weighted by Crippen LogP contribution is -2.11. The van der Waals surface area contributed by atoms with E-state index in [9.17, 15) is 0 Å². The lowest BCUT2D eigenvalue weighted by Gasteiger charge is -2.28. The van der Waals surface area contributed by atoms with E-state index in [-0.39, 0.29) is 0 Å². The fourth-order valence-corrected chi connectivity index (χ4v) is 9.58. The lowest BCUT2D eigenvalue weighted by atomic mass is 9.99. The lowest BCUT2D eigenvalue weighted by molar-refractivity contribution is 1.29. The van der Waals surface area contributed by atoms with Crippen LogP contribution in [0.4, 0.5) is 17.1 Å². The highest BCUT2D eigenvalue weighted by Gasteiger charge is 2.19. The number of thiophene rings is 2. The molecule has 230 valence electrons. The fourth-order valence-electron chi connectivity index (χ4n) is 7.34. The molecule has 0 amide bonds. The largest absolute Gasteiger partial charge is 0.310 e. The quantitative estimate of drug-likeness (QED) is 0.178. The van der Waals surface area contributed by atoms with Crippen LogP contribution in [-0.2, 0) is 0 Å². The molecule has 0 N–H and O–H groups in total. The van der Waals surface area contributed by atoms with E-state index in [2.05, 4.69) is 181 Å². The smallest absolute Gasteiger partial charge is 0.0540 e. The van der Waals surface area contributed by atoms with E-state index in [1.54, 1.807) is 0 Å². The van der Waals surface area contributed by atoms with Gasteiger partial charge in [-0.05, 0) is 82.1 Å². The highest BCUT2D eigenvalue weighted by molar-refractivity contribution is 7.26. The Balaban J connectivity index is 1.12. The van der Waals surface area contributed by atoms with Crippen molar-refractivity contribution in [2.45, 2.75) is 0 Å². The molecule has 0 aliphatic rings. The minimum Gasteiger partial charge on any atom is -0.310 e. The highest BCUT2D eigenvalue weighted by Crippen LogP contribution is 2.45. The average Bonchev–Trinajstić information content (AvgIpc) is 3.74. The van der Waals surface area contributed by atoms with Crippen LogP contribution >= 0.6 is 22.7 Å². The summed E-state index contributed by atoms with van der Waals surface area (Å²) in [6.07, 6.45) is 0. The zero-order valence-electron chi connectivity index (χ0n) is 26.5. The summed E-state index contributed by atoms with van der Waals surface area (Å²) in [5, 5.41) is 7.92. The Morgan fingerprint density at radius 1 is 0.347 bits per heavy atom. The summed E-state index contributed by atoms with van der Waals surface area (Å²) >= 11 is 3.74. The fraction of sp³-hybridized carbons (Fsp3) is 0. The average molecular weight is 660 g/mol. The maximum atomic E-state index is 2.41. The third-order valence-electron chi connectivity index (χ3n) is 9.67. The first-order valence-electron chi connectivity index (χ1n) is 16.6. The summed E-state index contributed by atoms with van der Waals surface area (Å²) in [5.74, 6) is 0. The van der Waals surface area contributed by atoms with Gasteiger partial charge in [0, 0.05) is 57.3 Å². The van der Waals surface area contributed by atoms with E-state index >= 15 is 0 Å². The number of para-hydroxylation sites is 1. The third-order valence-corrected chi connectivity index (χ3v) is 11.9. The molecule has 0 aliphatic carbocycles. The minimum absolute atomic E-state index is 1.13. The van der Waals surface area contributed by atoms with Crippen LogP contribution in [0.25, 0.3) is 73.4 Å². The predicted molar refractivity (Wildman–Crippen MR) is 215 cm³/mol. The van der Waals surface area contributed by atoms with E-state index in [0.717, 1.165) is 17.1 Å². The second-order valence-electron chi connectivity index (χ2n) is 12.5. The molecule has 0 saturated heterocycles. The SMILES string of the molecule is c1ccc(-c2ccccc2N(c2ccc(-c3ccc4sc5ccc6ccccc6c5c4c3)cc2)c2ccc3c(c2)sc2ccccc23)cc1. The molecule has 0 spiro atoms. The maximum absolute atomic E-state index is 2.41. The summed E-state index contributed by atoms with van der Waals surface area (Å²) in [5.41, 5.74) is 8.27. The molecule has 2 aromatic heterocycles. The Labute approximate surface area is 292 Å². The standard InChI is InChI=1S/C46H29NS2/c1-2-10-31(11-3-1)36-13-6-8-16-41(36)47(35-24-25-39-38-15-7-9-17-42(38)49-45(39)29-35)34-22-18-30(19-23-34)33-21-26-43-40(28-33)46-37-14-5-4-12-32(37)20-27-44(46)48-43/h1-29H. The first kappa shape index (κ1) is 28.3. The molecule has 0 fully saturated rings. The van der Waals surface area contributed by atoms with E-state index < -0.39 is 0 Å². The Bertz CT molecular complexity index is 2830. The molecule has 0 radical (unpaired) electrons. The van der Waals surface area contributed by atoms with Crippen molar-refractivity contribution in [2.24, 2.45) is 0 Å². The van der Waals surface area contributed by atoms with Crippen LogP contribution in [0.15, 0.2) is 176 Å². The number of nitrogens with zero attached hydrogens (tertiary/aromatic N) is 1. The van der Waals surface area contributed by atoms with Gasteiger partial charge in [0.1, 0.15) is 0 Å². The van der Waals surface area contributed by atoms with Crippen LogP contribution in [-0.4, -0.2) is 0 Å². The zero-order valence-corrected chi connectivity index (χ0v) is 28.1. The topological polar surface area (TPSA) is 3.24 Å². The van der Waals surface area contributed by atoms with Crippen molar-refractivity contribution in [1.82, 2.24) is 0 Å². The normalized spacial score (nSPS) is 11.7. The van der Waals surface area contributed by atoms with Gasteiger partial charge in [0.05, 0.1) is 5.69 Å². The zero-order chi connectivity index (χ0) is 32.3. The minimum atomic E-state index is 1.13. The molecule has 8 aromatic carbocycles. The van der Waals surface area contributed by atoms with Crippen LogP contribution in [0.1, 0.15) is 0 Å². The monoisotopic (exact) mass is 659 g/mol. The van der Waals surface area contributed by atoms with Crippen molar-refractivity contribution < 1.29 is 0 Å². The van der Waals surface area contributed by atoms with E-state index in [0.29, 0.717) is 0 Å². The Morgan fingerprint density at radius 2 is 1.00 bits per heavy atom. The molecule has 10 aromatic rings. The molecule has 10 rings (SSSR count). The molecule has 0 aliphatic heterocycles. The molecule has 3 heteroatoms. The molecule has 0 bridgehead atoms. The maximum Gasteiger partial charge on any atom is 0.0540 e. The van der Waals surface area contributed by atoms with Gasteiger partial charge in [0.2, 0.25) is 0 Å². The highest BCUT2D eigenvalue weighted by atomic mass is 32.1. The van der Waals surface area contributed by atoms with Crippen molar-refractivity contribution in [2.75, 3.05) is 4.90 Å². The summed E-state index contributed by atoms with van der Waals surface area (Å²) in [7, 11) is 0. The molecule has 0 atom stereocenters. The number of hydrogen-bond donors (Lipinski definition) is 0. The molecule has 0 unspecified atom stereocenters. The van der Waals surface area contributed by atoms with Crippen LogP contribution in [0, 0.1) is 0 Å². The Morgan fingerprint density at radius 3 is 1.90 bits per heavy atom. The van der Waals surface area contributed by atoms with Crippen molar-refractivity contribution >= 4 is 90.9 Å². The van der Waals surface area contributed by atoms with Gasteiger partial charge in [0.25, 0.3) is 0 Å². The van der Waals surface area contributed by atoms with Gasteiger partial charge >= 0.3 is 0 Å². The van der Waals surface area contributed by atoms with E-state index in [1.165, 1.54) is 73.4 Å². The van der Waals surface area contributed by atoms with Crippen LogP contribution in [0.2, 0.25) is 0 Å². The second kappa shape index (κ2) is 11.5. The van der Waals surface area contributed by atoms with E-state index in [4.69, 9.17) is 0 Å². The molecule has 2 heterocycles. The molecular formula is C46H29NS2. The molecule has 1 nitrogen and oxygen atoms in total. The predicted octanol–water partition coefficient (Wildman–Crippen LogP) is 14.4. The van der Waals surface area contributed by atoms with Crippen molar-refractivity contribution in [3.63, 3.8) is 0 Å². The van der Waals surface area contributed by atoms with E-state index in [1.807, 2.05) is 22.7 Å². The van der Waals surface area contributed by atoms with Crippen LogP contribution in [0.3, 0.4) is 0 Å². The van der Waals surface area contributed by atoms with Gasteiger partial charge < -0.3 is 4.90 Å². The first-order valence-corrected chi connectivity index (χ1v) is 18.2. The van der Waals surface area contributed by atoms with Crippen LogP contribution in [0.5, 0.6) is 0 Å². The van der Waals surface area contributed by atoms with Gasteiger partial charge in [-0.1, -0.05) is 121 Å². The van der Waals surface area contributed by atoms with Gasteiger partial charge in [-0.25, -0.2) is 0 Å². The summed E-state index contributed by atoms with van der Waals surface area (Å²) in [4.78, 5) is 2.41. The summed E-state index contributed by atoms with van der Waals surface area (Å²) in [6.45, 7) is 0. The molecule has 49 heavy (non-hydrogen) atoms. The Kier molecular flexibility index (Phi) is 6.61. The van der Waals surface area contributed by atoms with Crippen LogP contribution < -0.4 is 4.90 Å². The van der Waals surface area contributed by atoms with Gasteiger partial charge in [-0.3, -0.25) is 0 Å². The van der Waals surface area contributed by atoms with Gasteiger partial charge in [-0.2, -0.15) is 0 Å². The number of fused-ring (bicyclic) bond motifs is 8. The number of hydrogen-bond acceptors (Lipinski definition) is 3.